The summed E-state index contributed by atoms with van der Waals surface area (Å²) in [6.45, 7) is 16.3. The molecule has 7 nitrogen and oxygen atoms in total. The van der Waals surface area contributed by atoms with Crippen molar-refractivity contribution in [2.45, 2.75) is 53.0 Å². The second-order valence-electron chi connectivity index (χ2n) is 9.19. The molecular weight excluding hydrogens is 392 g/mol. The van der Waals surface area contributed by atoms with Gasteiger partial charge in [0.1, 0.15) is 6.04 Å². The molecule has 0 spiro atoms. The van der Waals surface area contributed by atoms with Gasteiger partial charge in [0, 0.05) is 44.8 Å². The molecule has 31 heavy (non-hydrogen) atoms. The summed E-state index contributed by atoms with van der Waals surface area (Å²) in [4.78, 5) is 43.3. The fourth-order valence-corrected chi connectivity index (χ4v) is 3.73. The molecule has 1 aromatic carbocycles. The number of hydrogen-bond acceptors (Lipinski definition) is 4. The Morgan fingerprint density at radius 1 is 1.00 bits per heavy atom. The zero-order chi connectivity index (χ0) is 23.2. The third kappa shape index (κ3) is 6.79. The van der Waals surface area contributed by atoms with E-state index in [0.717, 1.165) is 5.56 Å². The number of benzene rings is 1. The van der Waals surface area contributed by atoms with E-state index in [9.17, 15) is 14.4 Å². The number of amides is 3. The van der Waals surface area contributed by atoms with Crippen molar-refractivity contribution < 1.29 is 14.4 Å². The Hall–Kier alpha value is -2.41. The van der Waals surface area contributed by atoms with E-state index >= 15 is 0 Å². The number of likely N-dealkylation sites (N-methyl/N-ethyl adjacent to an activating group) is 1. The van der Waals surface area contributed by atoms with Crippen molar-refractivity contribution in [1.82, 2.24) is 20.0 Å². The lowest BCUT2D eigenvalue weighted by Gasteiger charge is -2.36. The lowest BCUT2D eigenvalue weighted by atomic mass is 9.86. The number of rotatable bonds is 7. The van der Waals surface area contributed by atoms with Crippen LogP contribution in [0.4, 0.5) is 0 Å². The molecule has 1 aliphatic rings. The highest BCUT2D eigenvalue weighted by Gasteiger charge is 2.27. The summed E-state index contributed by atoms with van der Waals surface area (Å²) < 4.78 is 0. The van der Waals surface area contributed by atoms with Gasteiger partial charge in [0.25, 0.3) is 5.91 Å². The SMILES string of the molecule is CCN(CC)C(=O)CN1CCN(C(=O)C(C)NC(=O)c2ccc(C(C)(C)C)cc2)CC1. The van der Waals surface area contributed by atoms with Gasteiger partial charge in [-0.3, -0.25) is 19.3 Å². The van der Waals surface area contributed by atoms with Gasteiger partial charge >= 0.3 is 0 Å². The van der Waals surface area contributed by atoms with Crippen LogP contribution >= 0.6 is 0 Å². The first-order valence-electron chi connectivity index (χ1n) is 11.3. The first kappa shape index (κ1) is 24.9. The van der Waals surface area contributed by atoms with Crippen molar-refractivity contribution in [2.75, 3.05) is 45.8 Å². The molecule has 3 amide bonds. The topological polar surface area (TPSA) is 73.0 Å². The van der Waals surface area contributed by atoms with Gasteiger partial charge in [-0.1, -0.05) is 32.9 Å². The predicted molar refractivity (Wildman–Crippen MR) is 123 cm³/mol. The van der Waals surface area contributed by atoms with Crippen LogP contribution in [-0.4, -0.2) is 84.3 Å². The molecule has 0 bridgehead atoms. The van der Waals surface area contributed by atoms with E-state index in [-0.39, 0.29) is 23.1 Å². The molecule has 0 saturated carbocycles. The molecule has 2 rings (SSSR count). The zero-order valence-corrected chi connectivity index (χ0v) is 19.9. The molecule has 7 heteroatoms. The first-order valence-corrected chi connectivity index (χ1v) is 11.3. The molecule has 1 fully saturated rings. The van der Waals surface area contributed by atoms with Gasteiger partial charge in [-0.15, -0.1) is 0 Å². The Labute approximate surface area is 186 Å². The minimum absolute atomic E-state index is 0.0242. The monoisotopic (exact) mass is 430 g/mol. The largest absolute Gasteiger partial charge is 0.342 e. The fourth-order valence-electron chi connectivity index (χ4n) is 3.73. The van der Waals surface area contributed by atoms with Crippen LogP contribution in [0.2, 0.25) is 0 Å². The maximum Gasteiger partial charge on any atom is 0.251 e. The second kappa shape index (κ2) is 10.8. The van der Waals surface area contributed by atoms with Crippen LogP contribution in [0.25, 0.3) is 0 Å². The van der Waals surface area contributed by atoms with Gasteiger partial charge in [-0.05, 0) is 43.9 Å². The average Bonchev–Trinajstić information content (AvgIpc) is 2.74. The van der Waals surface area contributed by atoms with E-state index in [2.05, 4.69) is 31.0 Å². The highest BCUT2D eigenvalue weighted by Crippen LogP contribution is 2.22. The lowest BCUT2D eigenvalue weighted by Crippen LogP contribution is -2.55. The van der Waals surface area contributed by atoms with Crippen LogP contribution in [0.1, 0.15) is 57.5 Å². The first-order chi connectivity index (χ1) is 14.6. The number of nitrogens with one attached hydrogen (secondary N) is 1. The van der Waals surface area contributed by atoms with Gasteiger partial charge in [-0.2, -0.15) is 0 Å². The van der Waals surface area contributed by atoms with Gasteiger partial charge in [0.2, 0.25) is 11.8 Å². The third-order valence-corrected chi connectivity index (χ3v) is 5.89. The summed E-state index contributed by atoms with van der Waals surface area (Å²) in [6, 6.07) is 6.93. The molecule has 0 radical (unpaired) electrons. The smallest absolute Gasteiger partial charge is 0.251 e. The molecule has 0 aliphatic carbocycles. The normalized spacial score (nSPS) is 16.0. The Morgan fingerprint density at radius 2 is 1.55 bits per heavy atom. The second-order valence-corrected chi connectivity index (χ2v) is 9.19. The van der Waals surface area contributed by atoms with Crippen molar-refractivity contribution in [3.63, 3.8) is 0 Å². The molecule has 172 valence electrons. The molecule has 1 saturated heterocycles. The maximum atomic E-state index is 12.8. The van der Waals surface area contributed by atoms with Crippen LogP contribution in [0, 0.1) is 0 Å². The van der Waals surface area contributed by atoms with E-state index in [1.54, 1.807) is 24.0 Å². The number of carbonyl (C=O) groups excluding carboxylic acids is 3. The van der Waals surface area contributed by atoms with Crippen molar-refractivity contribution in [2.24, 2.45) is 0 Å². The molecule has 1 aromatic rings. The van der Waals surface area contributed by atoms with Crippen molar-refractivity contribution in [1.29, 1.82) is 0 Å². The summed E-state index contributed by atoms with van der Waals surface area (Å²) in [5, 5.41) is 2.82. The van der Waals surface area contributed by atoms with Crippen molar-refractivity contribution in [3.05, 3.63) is 35.4 Å². The predicted octanol–water partition coefficient (Wildman–Crippen LogP) is 2.12. The van der Waals surface area contributed by atoms with Crippen LogP contribution in [-0.2, 0) is 15.0 Å². The molecular formula is C24H38N4O3. The third-order valence-electron chi connectivity index (χ3n) is 5.89. The van der Waals surface area contributed by atoms with Crippen LogP contribution in [0.5, 0.6) is 0 Å². The standard InChI is InChI=1S/C24H38N4O3/c1-7-27(8-2)21(29)17-26-13-15-28(16-14-26)23(31)18(3)25-22(30)19-9-11-20(12-10-19)24(4,5)6/h9-12,18H,7-8,13-17H2,1-6H3,(H,25,30). The Morgan fingerprint density at radius 3 is 2.03 bits per heavy atom. The van der Waals surface area contributed by atoms with E-state index in [1.807, 2.05) is 30.9 Å². The average molecular weight is 431 g/mol. The highest BCUT2D eigenvalue weighted by molar-refractivity contribution is 5.97. The number of hydrogen-bond donors (Lipinski definition) is 1. The summed E-state index contributed by atoms with van der Waals surface area (Å²) in [7, 11) is 0. The van der Waals surface area contributed by atoms with E-state index in [0.29, 0.717) is 51.4 Å². The quantitative estimate of drug-likeness (QED) is 0.719. The van der Waals surface area contributed by atoms with Crippen LogP contribution in [0.15, 0.2) is 24.3 Å². The summed E-state index contributed by atoms with van der Waals surface area (Å²) in [5.74, 6) is -0.206. The molecule has 1 aliphatic heterocycles. The molecule has 1 unspecified atom stereocenters. The maximum absolute atomic E-state index is 12.8. The molecule has 0 aromatic heterocycles. The highest BCUT2D eigenvalue weighted by atomic mass is 16.2. The van der Waals surface area contributed by atoms with Gasteiger partial charge in [-0.25, -0.2) is 0 Å². The summed E-state index contributed by atoms with van der Waals surface area (Å²) in [6.07, 6.45) is 0. The Kier molecular flexibility index (Phi) is 8.62. The lowest BCUT2D eigenvalue weighted by molar-refractivity contribution is -0.136. The van der Waals surface area contributed by atoms with E-state index < -0.39 is 6.04 Å². The van der Waals surface area contributed by atoms with Crippen molar-refractivity contribution >= 4 is 17.7 Å². The number of nitrogens with zero attached hydrogens (tertiary/aromatic N) is 3. The Balaban J connectivity index is 1.84. The number of piperazine rings is 1. The van der Waals surface area contributed by atoms with Gasteiger partial charge in [0.05, 0.1) is 6.54 Å². The molecule has 1 heterocycles. The minimum Gasteiger partial charge on any atom is -0.342 e. The zero-order valence-electron chi connectivity index (χ0n) is 19.9. The van der Waals surface area contributed by atoms with Crippen LogP contribution in [0.3, 0.4) is 0 Å². The summed E-state index contributed by atoms with van der Waals surface area (Å²) >= 11 is 0. The summed E-state index contributed by atoms with van der Waals surface area (Å²) in [5.41, 5.74) is 1.73. The van der Waals surface area contributed by atoms with Gasteiger partial charge in [0.15, 0.2) is 0 Å². The molecule has 1 atom stereocenters. The molecule has 1 N–H and O–H groups in total. The van der Waals surface area contributed by atoms with Crippen molar-refractivity contribution in [3.8, 4) is 0 Å². The van der Waals surface area contributed by atoms with E-state index in [4.69, 9.17) is 0 Å². The Bertz CT molecular complexity index is 758. The van der Waals surface area contributed by atoms with Crippen LogP contribution < -0.4 is 5.32 Å². The van der Waals surface area contributed by atoms with E-state index in [1.165, 1.54) is 0 Å². The fraction of sp³-hybridized carbons (Fsp3) is 0.625. The number of carbonyl (C=O) groups is 3. The minimum atomic E-state index is -0.598. The van der Waals surface area contributed by atoms with Gasteiger partial charge < -0.3 is 15.1 Å².